The lowest BCUT2D eigenvalue weighted by Crippen LogP contribution is -2.25. The zero-order valence-electron chi connectivity index (χ0n) is 15.0. The molecule has 6 heteroatoms. The minimum atomic E-state index is 0.534. The van der Waals surface area contributed by atoms with Crippen LogP contribution in [-0.4, -0.2) is 37.9 Å². The summed E-state index contributed by atoms with van der Waals surface area (Å²) in [6, 6.07) is 2.12. The average molecular weight is 319 g/mol. The van der Waals surface area contributed by atoms with Gasteiger partial charge < -0.3 is 4.52 Å². The summed E-state index contributed by atoms with van der Waals surface area (Å²) in [6.07, 6.45) is 1.91. The SMILES string of the molecule is CCN(CCCn1nc(C)cc1C)Cc1noc(CC(C)C)n1. The second-order valence-electron chi connectivity index (χ2n) is 6.57. The molecule has 0 aliphatic heterocycles. The van der Waals surface area contributed by atoms with Gasteiger partial charge in [-0.25, -0.2) is 0 Å². The normalized spacial score (nSPS) is 11.8. The van der Waals surface area contributed by atoms with Crippen LogP contribution in [0.25, 0.3) is 0 Å². The molecule has 0 aliphatic carbocycles. The standard InChI is InChI=1S/C17H29N5O/c1-6-21(8-7-9-22-15(5)11-14(4)19-22)12-16-18-17(23-20-16)10-13(2)3/h11,13H,6-10,12H2,1-5H3. The summed E-state index contributed by atoms with van der Waals surface area (Å²) in [7, 11) is 0. The molecule has 23 heavy (non-hydrogen) atoms. The summed E-state index contributed by atoms with van der Waals surface area (Å²) in [5.74, 6) is 2.06. The summed E-state index contributed by atoms with van der Waals surface area (Å²) in [4.78, 5) is 6.83. The quantitative estimate of drug-likeness (QED) is 0.711. The number of aryl methyl sites for hydroxylation is 3. The molecule has 2 heterocycles. The average Bonchev–Trinajstić information content (AvgIpc) is 3.03. The highest BCUT2D eigenvalue weighted by atomic mass is 16.5. The highest BCUT2D eigenvalue weighted by Crippen LogP contribution is 2.08. The van der Waals surface area contributed by atoms with Gasteiger partial charge >= 0.3 is 0 Å². The molecule has 0 fully saturated rings. The van der Waals surface area contributed by atoms with Crippen molar-refractivity contribution in [2.24, 2.45) is 5.92 Å². The van der Waals surface area contributed by atoms with E-state index >= 15 is 0 Å². The predicted molar refractivity (Wildman–Crippen MR) is 90.1 cm³/mol. The first kappa shape index (κ1) is 17.7. The molecular formula is C17H29N5O. The van der Waals surface area contributed by atoms with E-state index in [4.69, 9.17) is 4.52 Å². The molecule has 0 unspecified atom stereocenters. The Bertz CT molecular complexity index is 602. The van der Waals surface area contributed by atoms with Crippen molar-refractivity contribution in [3.05, 3.63) is 29.2 Å². The lowest BCUT2D eigenvalue weighted by Gasteiger charge is -2.18. The summed E-state index contributed by atoms with van der Waals surface area (Å²) < 4.78 is 7.39. The lowest BCUT2D eigenvalue weighted by molar-refractivity contribution is 0.256. The van der Waals surface area contributed by atoms with Crippen molar-refractivity contribution in [3.8, 4) is 0 Å². The molecule has 0 atom stereocenters. The Balaban J connectivity index is 1.80. The zero-order chi connectivity index (χ0) is 16.8. The van der Waals surface area contributed by atoms with Crippen LogP contribution in [0, 0.1) is 19.8 Å². The second kappa shape index (κ2) is 8.24. The van der Waals surface area contributed by atoms with E-state index in [2.05, 4.69) is 58.6 Å². The topological polar surface area (TPSA) is 60.0 Å². The van der Waals surface area contributed by atoms with E-state index in [-0.39, 0.29) is 0 Å². The van der Waals surface area contributed by atoms with Crippen molar-refractivity contribution in [1.82, 2.24) is 24.8 Å². The number of rotatable bonds is 9. The summed E-state index contributed by atoms with van der Waals surface area (Å²) in [6.45, 7) is 14.3. The van der Waals surface area contributed by atoms with Crippen LogP contribution >= 0.6 is 0 Å². The van der Waals surface area contributed by atoms with Crippen LogP contribution in [0.3, 0.4) is 0 Å². The lowest BCUT2D eigenvalue weighted by atomic mass is 10.1. The summed E-state index contributed by atoms with van der Waals surface area (Å²) in [5.41, 5.74) is 2.31. The Labute approximate surface area is 138 Å². The first-order valence-corrected chi connectivity index (χ1v) is 8.52. The maximum Gasteiger partial charge on any atom is 0.226 e. The smallest absolute Gasteiger partial charge is 0.226 e. The molecular weight excluding hydrogens is 290 g/mol. The van der Waals surface area contributed by atoms with Gasteiger partial charge in [0.2, 0.25) is 5.89 Å². The van der Waals surface area contributed by atoms with Gasteiger partial charge in [0.05, 0.1) is 12.2 Å². The van der Waals surface area contributed by atoms with Crippen LogP contribution in [0.15, 0.2) is 10.6 Å². The minimum absolute atomic E-state index is 0.534. The molecule has 0 aliphatic rings. The van der Waals surface area contributed by atoms with Crippen molar-refractivity contribution in [3.63, 3.8) is 0 Å². The van der Waals surface area contributed by atoms with Gasteiger partial charge in [-0.2, -0.15) is 10.1 Å². The van der Waals surface area contributed by atoms with Gasteiger partial charge in [0.15, 0.2) is 5.82 Å². The molecule has 0 saturated heterocycles. The summed E-state index contributed by atoms with van der Waals surface area (Å²) in [5, 5.41) is 8.60. The van der Waals surface area contributed by atoms with Crippen LogP contribution in [0.1, 0.15) is 50.3 Å². The molecule has 0 spiro atoms. The van der Waals surface area contributed by atoms with Crippen LogP contribution < -0.4 is 0 Å². The van der Waals surface area contributed by atoms with Crippen LogP contribution in [0.2, 0.25) is 0 Å². The van der Waals surface area contributed by atoms with Gasteiger partial charge in [-0.15, -0.1) is 0 Å². The Hall–Kier alpha value is -1.69. The molecule has 128 valence electrons. The summed E-state index contributed by atoms with van der Waals surface area (Å²) >= 11 is 0. The van der Waals surface area contributed by atoms with Crippen LogP contribution in [0.5, 0.6) is 0 Å². The third kappa shape index (κ3) is 5.46. The molecule has 0 saturated carbocycles. The molecule has 2 rings (SSSR count). The van der Waals surface area contributed by atoms with Gasteiger partial charge in [-0.05, 0) is 38.8 Å². The maximum absolute atomic E-state index is 5.31. The first-order chi connectivity index (χ1) is 11.0. The van der Waals surface area contributed by atoms with E-state index < -0.39 is 0 Å². The Kier molecular flexibility index (Phi) is 6.33. The molecule has 2 aromatic heterocycles. The van der Waals surface area contributed by atoms with Crippen LogP contribution in [-0.2, 0) is 19.5 Å². The molecule has 0 radical (unpaired) electrons. The molecule has 0 bridgehead atoms. The van der Waals surface area contributed by atoms with Gasteiger partial charge in [-0.1, -0.05) is 25.9 Å². The highest BCUT2D eigenvalue weighted by molar-refractivity contribution is 5.06. The van der Waals surface area contributed by atoms with Gasteiger partial charge in [-0.3, -0.25) is 9.58 Å². The predicted octanol–water partition coefficient (Wildman–Crippen LogP) is 2.99. The zero-order valence-corrected chi connectivity index (χ0v) is 15.0. The molecule has 0 aromatic carbocycles. The largest absolute Gasteiger partial charge is 0.339 e. The van der Waals surface area contributed by atoms with E-state index in [9.17, 15) is 0 Å². The van der Waals surface area contributed by atoms with Gasteiger partial charge in [0, 0.05) is 25.2 Å². The molecule has 6 nitrogen and oxygen atoms in total. The molecule has 0 amide bonds. The van der Waals surface area contributed by atoms with Crippen molar-refractivity contribution in [2.45, 2.75) is 60.5 Å². The van der Waals surface area contributed by atoms with E-state index in [1.165, 1.54) is 5.69 Å². The monoisotopic (exact) mass is 319 g/mol. The number of aromatic nitrogens is 4. The van der Waals surface area contributed by atoms with Crippen molar-refractivity contribution in [2.75, 3.05) is 13.1 Å². The van der Waals surface area contributed by atoms with Gasteiger partial charge in [0.25, 0.3) is 0 Å². The van der Waals surface area contributed by atoms with Crippen molar-refractivity contribution >= 4 is 0 Å². The van der Waals surface area contributed by atoms with Crippen molar-refractivity contribution < 1.29 is 4.52 Å². The Morgan fingerprint density at radius 3 is 2.70 bits per heavy atom. The minimum Gasteiger partial charge on any atom is -0.339 e. The van der Waals surface area contributed by atoms with E-state index in [1.807, 2.05) is 6.92 Å². The van der Waals surface area contributed by atoms with Gasteiger partial charge in [0.1, 0.15) is 0 Å². The third-order valence-corrected chi connectivity index (χ3v) is 3.85. The maximum atomic E-state index is 5.31. The molecule has 0 N–H and O–H groups in total. The fraction of sp³-hybridized carbons (Fsp3) is 0.706. The second-order valence-corrected chi connectivity index (χ2v) is 6.57. The van der Waals surface area contributed by atoms with E-state index in [0.29, 0.717) is 5.92 Å². The van der Waals surface area contributed by atoms with E-state index in [1.54, 1.807) is 0 Å². The van der Waals surface area contributed by atoms with E-state index in [0.717, 1.165) is 56.4 Å². The Morgan fingerprint density at radius 1 is 1.30 bits per heavy atom. The number of hydrogen-bond acceptors (Lipinski definition) is 5. The third-order valence-electron chi connectivity index (χ3n) is 3.85. The number of hydrogen-bond donors (Lipinski definition) is 0. The van der Waals surface area contributed by atoms with Crippen LogP contribution in [0.4, 0.5) is 0 Å². The Morgan fingerprint density at radius 2 is 2.09 bits per heavy atom. The van der Waals surface area contributed by atoms with Crippen molar-refractivity contribution in [1.29, 1.82) is 0 Å². The number of nitrogens with zero attached hydrogens (tertiary/aromatic N) is 5. The molecule has 2 aromatic rings. The fourth-order valence-electron chi connectivity index (χ4n) is 2.68. The first-order valence-electron chi connectivity index (χ1n) is 8.52. The fourth-order valence-corrected chi connectivity index (χ4v) is 2.68. The highest BCUT2D eigenvalue weighted by Gasteiger charge is 2.12.